The Bertz CT molecular complexity index is 824. The lowest BCUT2D eigenvalue weighted by Crippen LogP contribution is -2.06. The van der Waals surface area contributed by atoms with Gasteiger partial charge in [0.15, 0.2) is 17.3 Å². The molecule has 6 heteroatoms. The van der Waals surface area contributed by atoms with Crippen LogP contribution < -0.4 is 14.2 Å². The lowest BCUT2D eigenvalue weighted by atomic mass is 9.97. The Labute approximate surface area is 124 Å². The van der Waals surface area contributed by atoms with Crippen molar-refractivity contribution >= 4 is 11.8 Å². The van der Waals surface area contributed by atoms with Gasteiger partial charge in [-0.1, -0.05) is 6.07 Å². The average Bonchev–Trinajstić information content (AvgIpc) is 2.93. The number of benzene rings is 2. The summed E-state index contributed by atoms with van der Waals surface area (Å²) in [6, 6.07) is 7.63. The highest BCUT2D eigenvalue weighted by Gasteiger charge is 2.27. The van der Waals surface area contributed by atoms with Crippen LogP contribution in [0.2, 0.25) is 0 Å². The number of hydrogen-bond acceptors (Lipinski definition) is 5. The zero-order valence-electron chi connectivity index (χ0n) is 11.3. The summed E-state index contributed by atoms with van der Waals surface area (Å²) in [5, 5.41) is 9.09. The Hall–Kier alpha value is -3.02. The zero-order chi connectivity index (χ0) is 15.3. The number of aromatic carboxylic acids is 1. The third kappa shape index (κ3) is 1.81. The van der Waals surface area contributed by atoms with Crippen molar-refractivity contribution in [3.8, 4) is 17.2 Å². The fourth-order valence-corrected chi connectivity index (χ4v) is 2.57. The summed E-state index contributed by atoms with van der Waals surface area (Å²) < 4.78 is 16.2. The van der Waals surface area contributed by atoms with E-state index in [0.717, 1.165) is 0 Å². The predicted octanol–water partition coefficient (Wildman–Crippen LogP) is 2.24. The van der Waals surface area contributed by atoms with E-state index in [9.17, 15) is 9.59 Å². The van der Waals surface area contributed by atoms with Crippen LogP contribution in [0.25, 0.3) is 0 Å². The molecule has 0 spiro atoms. The second-order valence-corrected chi connectivity index (χ2v) is 5.00. The van der Waals surface area contributed by atoms with E-state index in [0.29, 0.717) is 33.9 Å². The first-order chi connectivity index (χ1) is 10.6. The first-order valence-electron chi connectivity index (χ1n) is 6.61. The van der Waals surface area contributed by atoms with E-state index < -0.39 is 5.97 Å². The molecule has 110 valence electrons. The van der Waals surface area contributed by atoms with Crippen LogP contribution in [-0.4, -0.2) is 23.7 Å². The number of carbonyl (C=O) groups excluding carboxylic acids is 1. The van der Waals surface area contributed by atoms with Crippen LogP contribution >= 0.6 is 0 Å². The minimum atomic E-state index is -1.08. The van der Waals surface area contributed by atoms with Gasteiger partial charge in [0, 0.05) is 17.2 Å². The summed E-state index contributed by atoms with van der Waals surface area (Å²) in [7, 11) is 0. The number of carbonyl (C=O) groups is 2. The van der Waals surface area contributed by atoms with E-state index in [2.05, 4.69) is 0 Å². The minimum Gasteiger partial charge on any atom is -0.488 e. The van der Waals surface area contributed by atoms with E-state index in [-0.39, 0.29) is 24.7 Å². The maximum atomic E-state index is 12.7. The number of carboxylic acid groups (broad SMARTS) is 1. The van der Waals surface area contributed by atoms with Crippen molar-refractivity contribution in [2.75, 3.05) is 6.79 Å². The zero-order valence-corrected chi connectivity index (χ0v) is 11.3. The second kappa shape index (κ2) is 4.49. The summed E-state index contributed by atoms with van der Waals surface area (Å²) in [6.07, 6.45) is 0. The molecule has 2 aliphatic rings. The molecule has 6 nitrogen and oxygen atoms in total. The molecule has 0 fully saturated rings. The van der Waals surface area contributed by atoms with Gasteiger partial charge in [-0.15, -0.1) is 0 Å². The van der Waals surface area contributed by atoms with E-state index in [1.54, 1.807) is 18.2 Å². The fourth-order valence-electron chi connectivity index (χ4n) is 2.57. The Morgan fingerprint density at radius 3 is 2.50 bits per heavy atom. The van der Waals surface area contributed by atoms with Crippen molar-refractivity contribution < 1.29 is 28.9 Å². The largest absolute Gasteiger partial charge is 0.488 e. The van der Waals surface area contributed by atoms with Crippen molar-refractivity contribution in [2.45, 2.75) is 6.61 Å². The summed E-state index contributed by atoms with van der Waals surface area (Å²) in [5.74, 6) is 0.0511. The Kier molecular flexibility index (Phi) is 2.59. The molecule has 0 atom stereocenters. The molecule has 0 saturated carbocycles. The molecular weight excluding hydrogens is 288 g/mol. The molecule has 2 aromatic carbocycles. The van der Waals surface area contributed by atoms with Crippen LogP contribution in [-0.2, 0) is 6.61 Å². The summed E-state index contributed by atoms with van der Waals surface area (Å²) in [5.41, 5.74) is 1.38. The molecule has 0 radical (unpaired) electrons. The van der Waals surface area contributed by atoms with Gasteiger partial charge in [0.1, 0.15) is 12.4 Å². The highest BCUT2D eigenvalue weighted by molar-refractivity contribution is 6.13. The van der Waals surface area contributed by atoms with Gasteiger partial charge in [-0.05, 0) is 18.2 Å². The number of ketones is 1. The highest BCUT2D eigenvalue weighted by atomic mass is 16.7. The standard InChI is InChI=1S/C16H10O6/c17-15-10-3-8(16(18)19)1-2-9(10)6-20-12-5-14-13(4-11(12)15)21-7-22-14/h1-5H,6-7H2,(H,18,19). The van der Waals surface area contributed by atoms with E-state index in [1.807, 2.05) is 0 Å². The monoisotopic (exact) mass is 298 g/mol. The van der Waals surface area contributed by atoms with Gasteiger partial charge in [0.05, 0.1) is 11.1 Å². The molecule has 0 bridgehead atoms. The fraction of sp³-hybridized carbons (Fsp3) is 0.125. The lowest BCUT2D eigenvalue weighted by Gasteiger charge is -2.07. The third-order valence-corrected chi connectivity index (χ3v) is 3.70. The Morgan fingerprint density at radius 2 is 1.73 bits per heavy atom. The molecule has 1 N–H and O–H groups in total. The summed E-state index contributed by atoms with van der Waals surface area (Å²) in [4.78, 5) is 23.8. The second-order valence-electron chi connectivity index (χ2n) is 5.00. The smallest absolute Gasteiger partial charge is 0.335 e. The van der Waals surface area contributed by atoms with Gasteiger partial charge in [-0.3, -0.25) is 4.79 Å². The number of ether oxygens (including phenoxy) is 3. The quantitative estimate of drug-likeness (QED) is 0.869. The summed E-state index contributed by atoms with van der Waals surface area (Å²) in [6.45, 7) is 0.291. The molecule has 0 aliphatic carbocycles. The van der Waals surface area contributed by atoms with Gasteiger partial charge in [-0.25, -0.2) is 4.79 Å². The minimum absolute atomic E-state index is 0.0660. The molecule has 2 aromatic rings. The van der Waals surface area contributed by atoms with Crippen molar-refractivity contribution in [2.24, 2.45) is 0 Å². The van der Waals surface area contributed by atoms with Gasteiger partial charge in [0.2, 0.25) is 6.79 Å². The van der Waals surface area contributed by atoms with Crippen LogP contribution in [0.3, 0.4) is 0 Å². The SMILES string of the molecule is O=C(O)c1ccc2c(c1)C(=O)c1cc3c(cc1OC2)OCO3. The van der Waals surface area contributed by atoms with Crippen molar-refractivity contribution in [3.05, 3.63) is 52.6 Å². The lowest BCUT2D eigenvalue weighted by molar-refractivity contribution is 0.0697. The topological polar surface area (TPSA) is 82.1 Å². The Balaban J connectivity index is 1.88. The first-order valence-corrected chi connectivity index (χ1v) is 6.61. The van der Waals surface area contributed by atoms with Gasteiger partial charge < -0.3 is 19.3 Å². The summed E-state index contributed by atoms with van der Waals surface area (Å²) >= 11 is 0. The number of carboxylic acids is 1. The van der Waals surface area contributed by atoms with Crippen LogP contribution in [0.5, 0.6) is 17.2 Å². The molecule has 0 aromatic heterocycles. The molecule has 0 saturated heterocycles. The van der Waals surface area contributed by atoms with E-state index >= 15 is 0 Å². The Morgan fingerprint density at radius 1 is 0.955 bits per heavy atom. The molecule has 0 unspecified atom stereocenters. The van der Waals surface area contributed by atoms with Crippen LogP contribution in [0.1, 0.15) is 31.8 Å². The third-order valence-electron chi connectivity index (χ3n) is 3.70. The molecule has 2 heterocycles. The molecule has 2 aliphatic heterocycles. The van der Waals surface area contributed by atoms with E-state index in [4.69, 9.17) is 19.3 Å². The average molecular weight is 298 g/mol. The van der Waals surface area contributed by atoms with Crippen LogP contribution in [0.15, 0.2) is 30.3 Å². The highest BCUT2D eigenvalue weighted by Crippen LogP contribution is 2.40. The first kappa shape index (κ1) is 12.7. The molecule has 0 amide bonds. The molecule has 22 heavy (non-hydrogen) atoms. The number of hydrogen-bond donors (Lipinski definition) is 1. The van der Waals surface area contributed by atoms with E-state index in [1.165, 1.54) is 12.1 Å². The van der Waals surface area contributed by atoms with Gasteiger partial charge in [-0.2, -0.15) is 0 Å². The number of rotatable bonds is 1. The molecular formula is C16H10O6. The number of fused-ring (bicyclic) bond motifs is 3. The normalized spacial score (nSPS) is 14.6. The predicted molar refractivity (Wildman–Crippen MR) is 73.7 cm³/mol. The van der Waals surface area contributed by atoms with Gasteiger partial charge in [0.25, 0.3) is 0 Å². The van der Waals surface area contributed by atoms with Crippen molar-refractivity contribution in [1.29, 1.82) is 0 Å². The maximum absolute atomic E-state index is 12.7. The van der Waals surface area contributed by atoms with Crippen LogP contribution in [0.4, 0.5) is 0 Å². The molecule has 4 rings (SSSR count). The van der Waals surface area contributed by atoms with Crippen molar-refractivity contribution in [3.63, 3.8) is 0 Å². The van der Waals surface area contributed by atoms with Crippen molar-refractivity contribution in [1.82, 2.24) is 0 Å². The maximum Gasteiger partial charge on any atom is 0.335 e. The van der Waals surface area contributed by atoms with Crippen LogP contribution in [0, 0.1) is 0 Å². The van der Waals surface area contributed by atoms with Gasteiger partial charge >= 0.3 is 5.97 Å².